The van der Waals surface area contributed by atoms with Crippen molar-refractivity contribution in [3.8, 4) is 0 Å². The Hall–Kier alpha value is -1.95. The highest BCUT2D eigenvalue weighted by Crippen LogP contribution is 2.27. The van der Waals surface area contributed by atoms with E-state index in [1.54, 1.807) is 11.0 Å². The summed E-state index contributed by atoms with van der Waals surface area (Å²) in [6.45, 7) is 0.973. The number of nitrogens with zero attached hydrogens (tertiary/aromatic N) is 2. The lowest BCUT2D eigenvalue weighted by Gasteiger charge is -2.18. The van der Waals surface area contributed by atoms with Gasteiger partial charge in [0.15, 0.2) is 0 Å². The van der Waals surface area contributed by atoms with E-state index in [0.717, 1.165) is 0 Å². The Labute approximate surface area is 105 Å². The van der Waals surface area contributed by atoms with E-state index < -0.39 is 5.97 Å². The van der Waals surface area contributed by atoms with Gasteiger partial charge in [-0.05, 0) is 18.5 Å². The first-order valence-electron chi connectivity index (χ1n) is 5.70. The standard InChI is InChI=1S/C12H15N3O3/c1-18-12(17)9-2-3-14-6-10(9)15-7-8(5-13)4-11(15)16/h2-3,6,8H,4-5,7,13H2,1H3. The quantitative estimate of drug-likeness (QED) is 0.772. The summed E-state index contributed by atoms with van der Waals surface area (Å²) in [5, 5.41) is 0. The molecule has 1 aliphatic rings. The zero-order valence-electron chi connectivity index (χ0n) is 10.1. The first-order chi connectivity index (χ1) is 8.67. The van der Waals surface area contributed by atoms with Crippen LogP contribution in [0.15, 0.2) is 18.5 Å². The molecule has 1 atom stereocenters. The van der Waals surface area contributed by atoms with Gasteiger partial charge in [0, 0.05) is 19.2 Å². The molecular weight excluding hydrogens is 234 g/mol. The van der Waals surface area contributed by atoms with Crippen LogP contribution in [0.3, 0.4) is 0 Å². The molecule has 0 bridgehead atoms. The van der Waals surface area contributed by atoms with Crippen LogP contribution in [0.2, 0.25) is 0 Å². The lowest BCUT2D eigenvalue weighted by Crippen LogP contribution is -2.27. The summed E-state index contributed by atoms with van der Waals surface area (Å²) in [6.07, 6.45) is 3.41. The highest BCUT2D eigenvalue weighted by Gasteiger charge is 2.32. The maximum atomic E-state index is 11.9. The molecule has 18 heavy (non-hydrogen) atoms. The minimum atomic E-state index is -0.476. The van der Waals surface area contributed by atoms with Gasteiger partial charge >= 0.3 is 5.97 Å². The van der Waals surface area contributed by atoms with Crippen molar-refractivity contribution in [2.45, 2.75) is 6.42 Å². The molecule has 1 aliphatic heterocycles. The van der Waals surface area contributed by atoms with Crippen LogP contribution in [0.5, 0.6) is 0 Å². The highest BCUT2D eigenvalue weighted by molar-refractivity contribution is 6.03. The van der Waals surface area contributed by atoms with Gasteiger partial charge in [-0.15, -0.1) is 0 Å². The van der Waals surface area contributed by atoms with Crippen LogP contribution in [0.4, 0.5) is 5.69 Å². The van der Waals surface area contributed by atoms with Gasteiger partial charge in [-0.25, -0.2) is 4.79 Å². The van der Waals surface area contributed by atoms with Crippen molar-refractivity contribution < 1.29 is 14.3 Å². The number of hydrogen-bond acceptors (Lipinski definition) is 5. The van der Waals surface area contributed by atoms with Crippen molar-refractivity contribution in [1.29, 1.82) is 0 Å². The monoisotopic (exact) mass is 249 g/mol. The van der Waals surface area contributed by atoms with Gasteiger partial charge in [0.05, 0.1) is 24.6 Å². The van der Waals surface area contributed by atoms with Gasteiger partial charge in [0.2, 0.25) is 5.91 Å². The Bertz CT molecular complexity index is 475. The third-order valence-corrected chi connectivity index (χ3v) is 3.03. The van der Waals surface area contributed by atoms with Crippen molar-refractivity contribution >= 4 is 17.6 Å². The normalized spacial score (nSPS) is 19.1. The minimum Gasteiger partial charge on any atom is -0.465 e. The maximum absolute atomic E-state index is 11.9. The number of nitrogens with two attached hydrogens (primary N) is 1. The largest absolute Gasteiger partial charge is 0.465 e. The summed E-state index contributed by atoms with van der Waals surface area (Å²) < 4.78 is 4.70. The second-order valence-electron chi connectivity index (χ2n) is 4.19. The predicted octanol–water partition coefficient (Wildman–Crippen LogP) is 0.180. The summed E-state index contributed by atoms with van der Waals surface area (Å²) in [5.41, 5.74) is 6.41. The summed E-state index contributed by atoms with van der Waals surface area (Å²) in [7, 11) is 1.31. The number of amides is 1. The molecule has 6 nitrogen and oxygen atoms in total. The maximum Gasteiger partial charge on any atom is 0.340 e. The molecule has 2 heterocycles. The van der Waals surface area contributed by atoms with Crippen molar-refractivity contribution in [1.82, 2.24) is 4.98 Å². The molecule has 0 spiro atoms. The topological polar surface area (TPSA) is 85.5 Å². The Kier molecular flexibility index (Phi) is 3.57. The number of anilines is 1. The molecule has 2 N–H and O–H groups in total. The SMILES string of the molecule is COC(=O)c1ccncc1N1CC(CN)CC1=O. The van der Waals surface area contributed by atoms with E-state index in [-0.39, 0.29) is 11.8 Å². The second kappa shape index (κ2) is 5.14. The van der Waals surface area contributed by atoms with E-state index in [1.807, 2.05) is 0 Å². The Morgan fingerprint density at radius 3 is 3.06 bits per heavy atom. The number of rotatable bonds is 3. The van der Waals surface area contributed by atoms with E-state index in [0.29, 0.717) is 30.8 Å². The van der Waals surface area contributed by atoms with Gasteiger partial charge in [-0.2, -0.15) is 0 Å². The van der Waals surface area contributed by atoms with Gasteiger partial charge in [-0.1, -0.05) is 0 Å². The molecular formula is C12H15N3O3. The molecule has 1 aromatic heterocycles. The highest BCUT2D eigenvalue weighted by atomic mass is 16.5. The molecule has 0 radical (unpaired) electrons. The van der Waals surface area contributed by atoms with E-state index >= 15 is 0 Å². The van der Waals surface area contributed by atoms with E-state index in [1.165, 1.54) is 19.5 Å². The van der Waals surface area contributed by atoms with Gasteiger partial charge in [0.1, 0.15) is 0 Å². The van der Waals surface area contributed by atoms with Gasteiger partial charge in [0.25, 0.3) is 0 Å². The fraction of sp³-hybridized carbons (Fsp3) is 0.417. The molecule has 1 fully saturated rings. The Balaban J connectivity index is 2.34. The number of esters is 1. The van der Waals surface area contributed by atoms with Crippen molar-refractivity contribution in [2.75, 3.05) is 25.1 Å². The van der Waals surface area contributed by atoms with Gasteiger partial charge < -0.3 is 15.4 Å². The third-order valence-electron chi connectivity index (χ3n) is 3.03. The van der Waals surface area contributed by atoms with Crippen molar-refractivity contribution in [3.63, 3.8) is 0 Å². The number of hydrogen-bond donors (Lipinski definition) is 1. The number of pyridine rings is 1. The second-order valence-corrected chi connectivity index (χ2v) is 4.19. The molecule has 1 saturated heterocycles. The summed E-state index contributed by atoms with van der Waals surface area (Å²) >= 11 is 0. The van der Waals surface area contributed by atoms with E-state index in [4.69, 9.17) is 10.5 Å². The molecule has 1 unspecified atom stereocenters. The van der Waals surface area contributed by atoms with E-state index in [2.05, 4.69) is 4.98 Å². The number of carbonyl (C=O) groups excluding carboxylic acids is 2. The lowest BCUT2D eigenvalue weighted by atomic mass is 10.1. The van der Waals surface area contributed by atoms with E-state index in [9.17, 15) is 9.59 Å². The van der Waals surface area contributed by atoms with Crippen molar-refractivity contribution in [3.05, 3.63) is 24.0 Å². The number of carbonyl (C=O) groups is 2. The smallest absolute Gasteiger partial charge is 0.340 e. The zero-order valence-corrected chi connectivity index (χ0v) is 10.1. The number of aromatic nitrogens is 1. The number of methoxy groups -OCH3 is 1. The van der Waals surface area contributed by atoms with Crippen LogP contribution in [-0.4, -0.2) is 37.1 Å². The van der Waals surface area contributed by atoms with Crippen molar-refractivity contribution in [2.24, 2.45) is 11.7 Å². The van der Waals surface area contributed by atoms with Crippen LogP contribution >= 0.6 is 0 Å². The third kappa shape index (κ3) is 2.19. The molecule has 0 saturated carbocycles. The average molecular weight is 249 g/mol. The molecule has 1 aromatic rings. The molecule has 2 rings (SSSR count). The minimum absolute atomic E-state index is 0.0383. The first-order valence-corrected chi connectivity index (χ1v) is 5.70. The molecule has 1 amide bonds. The van der Waals surface area contributed by atoms with Crippen LogP contribution in [0.1, 0.15) is 16.8 Å². The lowest BCUT2D eigenvalue weighted by molar-refractivity contribution is -0.117. The average Bonchev–Trinajstić information content (AvgIpc) is 2.79. The van der Waals surface area contributed by atoms with Crippen LogP contribution in [0.25, 0.3) is 0 Å². The predicted molar refractivity (Wildman–Crippen MR) is 65.1 cm³/mol. The van der Waals surface area contributed by atoms with Crippen LogP contribution in [-0.2, 0) is 9.53 Å². The molecule has 96 valence electrons. The molecule has 0 aliphatic carbocycles. The summed E-state index contributed by atoms with van der Waals surface area (Å²) in [5.74, 6) is -0.386. The summed E-state index contributed by atoms with van der Waals surface area (Å²) in [6, 6.07) is 1.55. The van der Waals surface area contributed by atoms with Crippen LogP contribution in [0, 0.1) is 5.92 Å². The van der Waals surface area contributed by atoms with Gasteiger partial charge in [-0.3, -0.25) is 9.78 Å². The Morgan fingerprint density at radius 2 is 2.44 bits per heavy atom. The van der Waals surface area contributed by atoms with Crippen LogP contribution < -0.4 is 10.6 Å². The molecule has 0 aromatic carbocycles. The summed E-state index contributed by atoms with van der Waals surface area (Å²) in [4.78, 5) is 29.0. The molecule has 6 heteroatoms. The Morgan fingerprint density at radius 1 is 1.67 bits per heavy atom. The zero-order chi connectivity index (χ0) is 13.1. The number of ether oxygens (including phenoxy) is 1. The first kappa shape index (κ1) is 12.5. The fourth-order valence-electron chi connectivity index (χ4n) is 2.06. The fourth-order valence-corrected chi connectivity index (χ4v) is 2.06.